The quantitative estimate of drug-likeness (QED) is 0.460. The van der Waals surface area contributed by atoms with E-state index in [0.29, 0.717) is 0 Å². The molecule has 0 fully saturated rings. The smallest absolute Gasteiger partial charge is 0.308 e. The van der Waals surface area contributed by atoms with Crippen molar-refractivity contribution < 1.29 is 9.53 Å². The summed E-state index contributed by atoms with van der Waals surface area (Å²) in [5.74, 6) is -0.103. The molecule has 1 unspecified atom stereocenters. The summed E-state index contributed by atoms with van der Waals surface area (Å²) < 4.78 is 5.39. The molecule has 0 radical (unpaired) electrons. The van der Waals surface area contributed by atoms with Gasteiger partial charge < -0.3 is 4.74 Å². The van der Waals surface area contributed by atoms with Gasteiger partial charge in [-0.2, -0.15) is 0 Å². The fraction of sp³-hybridized carbons (Fsp3) is 0.786. The lowest BCUT2D eigenvalue weighted by molar-refractivity contribution is -0.153. The van der Waals surface area contributed by atoms with Crippen molar-refractivity contribution in [3.8, 4) is 0 Å². The Morgan fingerprint density at radius 2 is 1.81 bits per heavy atom. The van der Waals surface area contributed by atoms with Crippen LogP contribution in [0.3, 0.4) is 0 Å². The second-order valence-electron chi connectivity index (χ2n) is 4.46. The van der Waals surface area contributed by atoms with E-state index in [-0.39, 0.29) is 18.0 Å². The average molecular weight is 226 g/mol. The van der Waals surface area contributed by atoms with Gasteiger partial charge in [-0.05, 0) is 25.7 Å². The molecule has 0 rings (SSSR count). The van der Waals surface area contributed by atoms with E-state index >= 15 is 0 Å². The maximum absolute atomic E-state index is 11.4. The summed E-state index contributed by atoms with van der Waals surface area (Å²) >= 11 is 0. The van der Waals surface area contributed by atoms with Crippen LogP contribution < -0.4 is 0 Å². The van der Waals surface area contributed by atoms with Crippen molar-refractivity contribution in [1.82, 2.24) is 0 Å². The molecule has 0 spiro atoms. The first kappa shape index (κ1) is 15.2. The summed E-state index contributed by atoms with van der Waals surface area (Å²) in [7, 11) is 0. The zero-order chi connectivity index (χ0) is 12.4. The van der Waals surface area contributed by atoms with Crippen LogP contribution in [0, 0.1) is 5.92 Å². The molecule has 0 aromatic carbocycles. The maximum atomic E-state index is 11.4. The van der Waals surface area contributed by atoms with Gasteiger partial charge in [-0.25, -0.2) is 0 Å². The van der Waals surface area contributed by atoms with Crippen LogP contribution in [0.15, 0.2) is 12.2 Å². The molecule has 0 amide bonds. The van der Waals surface area contributed by atoms with Gasteiger partial charge in [0.25, 0.3) is 0 Å². The minimum atomic E-state index is -0.0793. The van der Waals surface area contributed by atoms with Crippen LogP contribution in [0.5, 0.6) is 0 Å². The summed E-state index contributed by atoms with van der Waals surface area (Å²) in [5.41, 5.74) is 0. The Hall–Kier alpha value is -0.790. The number of carbonyl (C=O) groups excluding carboxylic acids is 1. The number of rotatable bonds is 8. The summed E-state index contributed by atoms with van der Waals surface area (Å²) in [5, 5.41) is 0. The van der Waals surface area contributed by atoms with Crippen molar-refractivity contribution in [2.24, 2.45) is 5.92 Å². The fourth-order valence-electron chi connectivity index (χ4n) is 1.33. The summed E-state index contributed by atoms with van der Waals surface area (Å²) in [6, 6.07) is 0. The van der Waals surface area contributed by atoms with Crippen molar-refractivity contribution in [3.63, 3.8) is 0 Å². The third kappa shape index (κ3) is 7.49. The highest BCUT2D eigenvalue weighted by atomic mass is 16.5. The number of esters is 1. The predicted molar refractivity (Wildman–Crippen MR) is 68.3 cm³/mol. The summed E-state index contributed by atoms with van der Waals surface area (Å²) in [4.78, 5) is 11.4. The van der Waals surface area contributed by atoms with E-state index in [4.69, 9.17) is 4.74 Å². The van der Waals surface area contributed by atoms with Gasteiger partial charge in [-0.3, -0.25) is 4.79 Å². The highest BCUT2D eigenvalue weighted by Crippen LogP contribution is 2.10. The Morgan fingerprint density at radius 1 is 1.19 bits per heavy atom. The van der Waals surface area contributed by atoms with Crippen molar-refractivity contribution in [2.45, 2.75) is 65.9 Å². The largest absolute Gasteiger partial charge is 0.462 e. The van der Waals surface area contributed by atoms with E-state index in [9.17, 15) is 4.79 Å². The van der Waals surface area contributed by atoms with Crippen LogP contribution in [0.2, 0.25) is 0 Å². The molecule has 0 bridgehead atoms. The molecule has 1 atom stereocenters. The lowest BCUT2D eigenvalue weighted by Gasteiger charge is -2.16. The third-order valence-corrected chi connectivity index (χ3v) is 2.49. The highest BCUT2D eigenvalue weighted by molar-refractivity contribution is 5.71. The standard InChI is InChI=1S/C14H26O2/c1-5-7-8-9-10-11-13(6-2)16-14(15)12(3)4/h8-9,12-13H,5-7,10-11H2,1-4H3/b9-8+. The van der Waals surface area contributed by atoms with Gasteiger partial charge in [0.05, 0.1) is 5.92 Å². The Balaban J connectivity index is 3.79. The minimum absolute atomic E-state index is 0.0234. The van der Waals surface area contributed by atoms with Crippen molar-refractivity contribution in [3.05, 3.63) is 12.2 Å². The second-order valence-corrected chi connectivity index (χ2v) is 4.46. The van der Waals surface area contributed by atoms with E-state index in [1.165, 1.54) is 6.42 Å². The first-order valence-electron chi connectivity index (χ1n) is 6.47. The molecule has 2 heteroatoms. The first-order chi connectivity index (χ1) is 7.61. The zero-order valence-electron chi connectivity index (χ0n) is 11.2. The molecule has 0 N–H and O–H groups in total. The van der Waals surface area contributed by atoms with Crippen molar-refractivity contribution >= 4 is 5.97 Å². The van der Waals surface area contributed by atoms with E-state index in [1.807, 2.05) is 13.8 Å². The van der Waals surface area contributed by atoms with Crippen molar-refractivity contribution in [1.29, 1.82) is 0 Å². The molecule has 0 saturated carbocycles. The topological polar surface area (TPSA) is 26.3 Å². The molecule has 2 nitrogen and oxygen atoms in total. The second kappa shape index (κ2) is 9.44. The van der Waals surface area contributed by atoms with Crippen molar-refractivity contribution in [2.75, 3.05) is 0 Å². The number of ether oxygens (including phenoxy) is 1. The lowest BCUT2D eigenvalue weighted by Crippen LogP contribution is -2.20. The van der Waals surface area contributed by atoms with E-state index < -0.39 is 0 Å². The molecule has 94 valence electrons. The maximum Gasteiger partial charge on any atom is 0.308 e. The monoisotopic (exact) mass is 226 g/mol. The van der Waals surface area contributed by atoms with Gasteiger partial charge in [0.2, 0.25) is 0 Å². The van der Waals surface area contributed by atoms with Gasteiger partial charge >= 0.3 is 5.97 Å². The SMILES string of the molecule is CCC/C=C/CCC(CC)OC(=O)C(C)C. The molecule has 0 aromatic heterocycles. The number of hydrogen-bond donors (Lipinski definition) is 0. The molecule has 0 aromatic rings. The van der Waals surface area contributed by atoms with Gasteiger partial charge in [0.15, 0.2) is 0 Å². The normalized spacial score (nSPS) is 13.3. The Kier molecular flexibility index (Phi) is 8.97. The van der Waals surface area contributed by atoms with Gasteiger partial charge in [0.1, 0.15) is 6.10 Å². The molecule has 0 heterocycles. The van der Waals surface area contributed by atoms with Crippen LogP contribution in [0.4, 0.5) is 0 Å². The van der Waals surface area contributed by atoms with Gasteiger partial charge in [-0.1, -0.05) is 46.3 Å². The summed E-state index contributed by atoms with van der Waals surface area (Å²) in [6.07, 6.45) is 9.66. The number of unbranched alkanes of at least 4 members (excludes halogenated alkanes) is 1. The Morgan fingerprint density at radius 3 is 2.31 bits per heavy atom. The van der Waals surface area contributed by atoms with Gasteiger partial charge in [-0.15, -0.1) is 0 Å². The molecule has 16 heavy (non-hydrogen) atoms. The zero-order valence-corrected chi connectivity index (χ0v) is 11.2. The van der Waals surface area contributed by atoms with E-state index in [2.05, 4.69) is 26.0 Å². The third-order valence-electron chi connectivity index (χ3n) is 2.49. The molecular formula is C14H26O2. The molecule has 0 aliphatic carbocycles. The molecule has 0 saturated heterocycles. The summed E-state index contributed by atoms with van der Waals surface area (Å²) in [6.45, 7) is 7.98. The van der Waals surface area contributed by atoms with Gasteiger partial charge in [0, 0.05) is 0 Å². The minimum Gasteiger partial charge on any atom is -0.462 e. The molecule has 0 aliphatic heterocycles. The highest BCUT2D eigenvalue weighted by Gasteiger charge is 2.14. The van der Waals surface area contributed by atoms with Crippen LogP contribution in [-0.4, -0.2) is 12.1 Å². The van der Waals surface area contributed by atoms with Crippen LogP contribution in [0.1, 0.15) is 59.8 Å². The Bertz CT molecular complexity index is 207. The fourth-order valence-corrected chi connectivity index (χ4v) is 1.33. The lowest BCUT2D eigenvalue weighted by atomic mass is 10.1. The molecule has 0 aliphatic rings. The van der Waals surface area contributed by atoms with Crippen LogP contribution in [-0.2, 0) is 9.53 Å². The first-order valence-corrected chi connectivity index (χ1v) is 6.47. The molecular weight excluding hydrogens is 200 g/mol. The predicted octanol–water partition coefficient (Wildman–Crippen LogP) is 4.10. The van der Waals surface area contributed by atoms with E-state index in [1.54, 1.807) is 0 Å². The van der Waals surface area contributed by atoms with Crippen LogP contribution >= 0.6 is 0 Å². The number of allylic oxidation sites excluding steroid dienone is 2. The number of hydrogen-bond acceptors (Lipinski definition) is 2. The Labute approximate surface area is 100 Å². The van der Waals surface area contributed by atoms with E-state index in [0.717, 1.165) is 25.7 Å². The number of carbonyl (C=O) groups is 1. The van der Waals surface area contributed by atoms with Crippen LogP contribution in [0.25, 0.3) is 0 Å². The average Bonchev–Trinajstić information content (AvgIpc) is 2.26.